The van der Waals surface area contributed by atoms with Gasteiger partial charge >= 0.3 is 0 Å². The zero-order valence-corrected chi connectivity index (χ0v) is 12.7. The second-order valence-corrected chi connectivity index (χ2v) is 5.11. The summed E-state index contributed by atoms with van der Waals surface area (Å²) < 4.78 is 10.6. The molecule has 1 aromatic heterocycles. The molecule has 0 radical (unpaired) electrons. The molecule has 0 spiro atoms. The molecule has 2 aromatic carbocycles. The lowest BCUT2D eigenvalue weighted by Gasteiger charge is -2.02. The van der Waals surface area contributed by atoms with E-state index in [9.17, 15) is 0 Å². The van der Waals surface area contributed by atoms with Crippen LogP contribution in [-0.4, -0.2) is 16.7 Å². The van der Waals surface area contributed by atoms with E-state index in [1.165, 1.54) is 0 Å². The van der Waals surface area contributed by atoms with E-state index in [2.05, 4.69) is 16.1 Å². The number of ether oxygens (including phenoxy) is 1. The van der Waals surface area contributed by atoms with Gasteiger partial charge in [-0.3, -0.25) is 0 Å². The average molecular weight is 326 g/mol. The number of terminal acetylenes is 1. The fraction of sp³-hybridized carbons (Fsp3) is 0.0588. The van der Waals surface area contributed by atoms with Gasteiger partial charge in [0.1, 0.15) is 12.4 Å². The van der Waals surface area contributed by atoms with E-state index in [0.717, 1.165) is 5.56 Å². The Morgan fingerprint density at radius 1 is 1.22 bits per heavy atom. The number of rotatable bonds is 4. The van der Waals surface area contributed by atoms with Crippen molar-refractivity contribution in [2.75, 3.05) is 12.3 Å². The lowest BCUT2D eigenvalue weighted by molar-refractivity contribution is 0.370. The van der Waals surface area contributed by atoms with Gasteiger partial charge in [-0.15, -0.1) is 6.42 Å². The molecule has 0 saturated heterocycles. The van der Waals surface area contributed by atoms with E-state index in [-0.39, 0.29) is 6.61 Å². The number of benzene rings is 2. The van der Waals surface area contributed by atoms with Gasteiger partial charge in [0.15, 0.2) is 0 Å². The van der Waals surface area contributed by atoms with Gasteiger partial charge in [-0.05, 0) is 42.5 Å². The molecule has 23 heavy (non-hydrogen) atoms. The highest BCUT2D eigenvalue weighted by Gasteiger charge is 2.13. The molecule has 0 bridgehead atoms. The van der Waals surface area contributed by atoms with Gasteiger partial charge in [-0.1, -0.05) is 22.7 Å². The Hall–Kier alpha value is -2.97. The summed E-state index contributed by atoms with van der Waals surface area (Å²) in [5, 5.41) is 4.52. The lowest BCUT2D eigenvalue weighted by Crippen LogP contribution is -1.93. The van der Waals surface area contributed by atoms with Crippen LogP contribution in [-0.2, 0) is 0 Å². The third-order valence-corrected chi connectivity index (χ3v) is 3.34. The summed E-state index contributed by atoms with van der Waals surface area (Å²) in [6, 6.07) is 12.3. The molecule has 0 aliphatic heterocycles. The van der Waals surface area contributed by atoms with Gasteiger partial charge < -0.3 is 15.0 Å². The van der Waals surface area contributed by atoms with Crippen molar-refractivity contribution in [2.24, 2.45) is 0 Å². The largest absolute Gasteiger partial charge is 0.481 e. The van der Waals surface area contributed by atoms with Crippen LogP contribution in [0.2, 0.25) is 5.02 Å². The van der Waals surface area contributed by atoms with Crippen molar-refractivity contribution < 1.29 is 9.26 Å². The molecule has 1 heterocycles. The molecule has 0 aliphatic carbocycles. The van der Waals surface area contributed by atoms with Crippen LogP contribution < -0.4 is 10.5 Å². The molecular formula is C17H12ClN3O2. The molecule has 114 valence electrons. The molecule has 0 fully saturated rings. The van der Waals surface area contributed by atoms with Crippen LogP contribution in [0.15, 0.2) is 47.0 Å². The summed E-state index contributed by atoms with van der Waals surface area (Å²) in [5.74, 6) is 3.88. The first-order chi connectivity index (χ1) is 11.2. The molecule has 0 aliphatic rings. The molecule has 6 heteroatoms. The van der Waals surface area contributed by atoms with E-state index >= 15 is 0 Å². The number of halogens is 1. The highest BCUT2D eigenvalue weighted by atomic mass is 35.5. The summed E-state index contributed by atoms with van der Waals surface area (Å²) in [4.78, 5) is 4.36. The van der Waals surface area contributed by atoms with Gasteiger partial charge in [-0.2, -0.15) is 4.98 Å². The number of hydrogen-bond acceptors (Lipinski definition) is 5. The topological polar surface area (TPSA) is 74.2 Å². The van der Waals surface area contributed by atoms with E-state index in [1.54, 1.807) is 30.3 Å². The first-order valence-corrected chi connectivity index (χ1v) is 7.11. The van der Waals surface area contributed by atoms with Crippen molar-refractivity contribution in [3.63, 3.8) is 0 Å². The minimum Gasteiger partial charge on any atom is -0.481 e. The van der Waals surface area contributed by atoms with Crippen molar-refractivity contribution >= 4 is 17.3 Å². The highest BCUT2D eigenvalue weighted by Crippen LogP contribution is 2.29. The zero-order valence-electron chi connectivity index (χ0n) is 12.0. The Bertz CT molecular complexity index is 866. The summed E-state index contributed by atoms with van der Waals surface area (Å²) in [7, 11) is 0. The molecular weight excluding hydrogens is 314 g/mol. The van der Waals surface area contributed by atoms with E-state index in [0.29, 0.717) is 33.7 Å². The van der Waals surface area contributed by atoms with Crippen LogP contribution in [0.1, 0.15) is 0 Å². The fourth-order valence-corrected chi connectivity index (χ4v) is 2.18. The van der Waals surface area contributed by atoms with Crippen molar-refractivity contribution in [3.8, 4) is 40.9 Å². The summed E-state index contributed by atoms with van der Waals surface area (Å²) in [6.45, 7) is 0.224. The highest BCUT2D eigenvalue weighted by molar-refractivity contribution is 6.31. The van der Waals surface area contributed by atoms with Gasteiger partial charge in [0, 0.05) is 16.3 Å². The van der Waals surface area contributed by atoms with E-state index in [1.807, 2.05) is 12.1 Å². The number of nitrogens with two attached hydrogens (primary N) is 1. The summed E-state index contributed by atoms with van der Waals surface area (Å²) >= 11 is 5.89. The summed E-state index contributed by atoms with van der Waals surface area (Å²) in [5.41, 5.74) is 7.83. The molecule has 3 rings (SSSR count). The second kappa shape index (κ2) is 6.42. The van der Waals surface area contributed by atoms with Gasteiger partial charge in [0.2, 0.25) is 5.82 Å². The number of aromatic nitrogens is 2. The molecule has 3 aromatic rings. The second-order valence-electron chi connectivity index (χ2n) is 4.67. The predicted molar refractivity (Wildman–Crippen MR) is 88.9 cm³/mol. The standard InChI is InChI=1S/C17H12ClN3O2/c1-2-9-22-13-6-3-11(4-7-13)16-20-17(23-21-16)14-8-5-12(18)10-15(14)19/h1,3-8,10H,9,19H2. The van der Waals surface area contributed by atoms with E-state index < -0.39 is 0 Å². The van der Waals surface area contributed by atoms with Crippen molar-refractivity contribution in [2.45, 2.75) is 0 Å². The summed E-state index contributed by atoms with van der Waals surface area (Å²) in [6.07, 6.45) is 5.15. The van der Waals surface area contributed by atoms with Crippen LogP contribution in [0.4, 0.5) is 5.69 Å². The molecule has 2 N–H and O–H groups in total. The molecule has 0 amide bonds. The Balaban J connectivity index is 1.85. The Morgan fingerprint density at radius 3 is 2.70 bits per heavy atom. The number of hydrogen-bond donors (Lipinski definition) is 1. The van der Waals surface area contributed by atoms with Crippen LogP contribution in [0.25, 0.3) is 22.8 Å². The lowest BCUT2D eigenvalue weighted by atomic mass is 10.2. The molecule has 5 nitrogen and oxygen atoms in total. The molecule has 0 saturated carbocycles. The third kappa shape index (κ3) is 3.28. The Labute approximate surface area is 138 Å². The third-order valence-electron chi connectivity index (χ3n) is 3.10. The van der Waals surface area contributed by atoms with E-state index in [4.69, 9.17) is 33.0 Å². The SMILES string of the molecule is C#CCOc1ccc(-c2noc(-c3ccc(Cl)cc3N)n2)cc1. The van der Waals surface area contributed by atoms with Crippen molar-refractivity contribution in [3.05, 3.63) is 47.5 Å². The van der Waals surface area contributed by atoms with Gasteiger partial charge in [0.05, 0.1) is 5.56 Å². The van der Waals surface area contributed by atoms with Crippen LogP contribution in [0, 0.1) is 12.3 Å². The minimum atomic E-state index is 0.224. The monoisotopic (exact) mass is 325 g/mol. The van der Waals surface area contributed by atoms with Gasteiger partial charge in [0.25, 0.3) is 5.89 Å². The first-order valence-electron chi connectivity index (χ1n) is 6.73. The molecule has 0 atom stereocenters. The smallest absolute Gasteiger partial charge is 0.260 e. The zero-order chi connectivity index (χ0) is 16.2. The fourth-order valence-electron chi connectivity index (χ4n) is 2.00. The van der Waals surface area contributed by atoms with Gasteiger partial charge in [-0.25, -0.2) is 0 Å². The number of nitrogen functional groups attached to an aromatic ring is 1. The normalized spacial score (nSPS) is 10.3. The van der Waals surface area contributed by atoms with Crippen molar-refractivity contribution in [1.82, 2.24) is 10.1 Å². The average Bonchev–Trinajstić information content (AvgIpc) is 3.03. The maximum absolute atomic E-state index is 5.92. The number of anilines is 1. The number of nitrogens with zero attached hydrogens (tertiary/aromatic N) is 2. The minimum absolute atomic E-state index is 0.224. The van der Waals surface area contributed by atoms with Crippen molar-refractivity contribution in [1.29, 1.82) is 0 Å². The first kappa shape index (κ1) is 14.9. The Kier molecular flexibility index (Phi) is 4.18. The maximum Gasteiger partial charge on any atom is 0.260 e. The predicted octanol–water partition coefficient (Wildman–Crippen LogP) is 3.65. The quantitative estimate of drug-likeness (QED) is 0.585. The Morgan fingerprint density at radius 2 is 2.00 bits per heavy atom. The van der Waals surface area contributed by atoms with Crippen LogP contribution in [0.5, 0.6) is 5.75 Å². The maximum atomic E-state index is 5.92. The van der Waals surface area contributed by atoms with Crippen LogP contribution >= 0.6 is 11.6 Å². The van der Waals surface area contributed by atoms with Crippen LogP contribution in [0.3, 0.4) is 0 Å². The molecule has 0 unspecified atom stereocenters.